The third-order valence-electron chi connectivity index (χ3n) is 3.25. The fraction of sp³-hybridized carbons (Fsp3) is 0.375. The lowest BCUT2D eigenvalue weighted by Crippen LogP contribution is -2.02. The zero-order valence-electron chi connectivity index (χ0n) is 12.0. The summed E-state index contributed by atoms with van der Waals surface area (Å²) in [5.41, 5.74) is 2.78. The van der Waals surface area contributed by atoms with Crippen molar-refractivity contribution in [3.05, 3.63) is 29.5 Å². The van der Waals surface area contributed by atoms with Gasteiger partial charge in [-0.1, -0.05) is 0 Å². The Bertz CT molecular complexity index is 652. The zero-order chi connectivity index (χ0) is 14.7. The lowest BCUT2D eigenvalue weighted by atomic mass is 10.0. The van der Waals surface area contributed by atoms with Gasteiger partial charge in [-0.3, -0.25) is 4.98 Å². The molecule has 0 fully saturated rings. The van der Waals surface area contributed by atoms with Crippen molar-refractivity contribution < 1.29 is 9.53 Å². The molecule has 0 aliphatic carbocycles. The highest BCUT2D eigenvalue weighted by Crippen LogP contribution is 2.27. The van der Waals surface area contributed by atoms with E-state index in [0.717, 1.165) is 32.8 Å². The molecule has 20 heavy (non-hydrogen) atoms. The Morgan fingerprint density at radius 1 is 1.40 bits per heavy atom. The predicted octanol–water partition coefficient (Wildman–Crippen LogP) is 3.37. The highest BCUT2D eigenvalue weighted by atomic mass is 32.1. The largest absolute Gasteiger partial charge is 0.779 e. The molecule has 3 nitrogen and oxygen atoms in total. The minimum Gasteiger partial charge on any atom is -0.779 e. The Labute approximate surface area is 124 Å². The molecule has 0 N–H and O–H groups in total. The number of Topliss-reactive ketones (excluding diaryl/α,β-unsaturated/α-hetero) is 1. The minimum absolute atomic E-state index is 0.168. The summed E-state index contributed by atoms with van der Waals surface area (Å²) >= 11 is 5.57. The van der Waals surface area contributed by atoms with Gasteiger partial charge >= 0.3 is 0 Å². The number of benzene rings is 1. The van der Waals surface area contributed by atoms with Crippen LogP contribution in [-0.2, 0) is 23.8 Å². The number of ketones is 1. The van der Waals surface area contributed by atoms with Gasteiger partial charge in [0.1, 0.15) is 11.5 Å². The summed E-state index contributed by atoms with van der Waals surface area (Å²) in [6.45, 7) is 6.11. The molecule has 0 aliphatic rings. The van der Waals surface area contributed by atoms with Crippen molar-refractivity contribution in [2.45, 2.75) is 38.5 Å². The first kappa shape index (κ1) is 14.7. The van der Waals surface area contributed by atoms with Crippen LogP contribution in [0.2, 0.25) is 0 Å². The molecular formula is C16H18NO2S-. The van der Waals surface area contributed by atoms with E-state index in [4.69, 9.17) is 17.4 Å². The van der Waals surface area contributed by atoms with Gasteiger partial charge in [-0.05, 0) is 56.3 Å². The third kappa shape index (κ3) is 3.07. The maximum atomic E-state index is 11.2. The minimum atomic E-state index is 0.168. The smallest absolute Gasteiger partial charge is 0.130 e. The van der Waals surface area contributed by atoms with Crippen molar-refractivity contribution in [3.63, 3.8) is 0 Å². The van der Waals surface area contributed by atoms with E-state index >= 15 is 0 Å². The van der Waals surface area contributed by atoms with Crippen molar-refractivity contribution in [3.8, 4) is 5.75 Å². The van der Waals surface area contributed by atoms with Gasteiger partial charge in [0.25, 0.3) is 0 Å². The molecule has 0 unspecified atom stereocenters. The van der Waals surface area contributed by atoms with Gasteiger partial charge in [-0.25, -0.2) is 0 Å². The summed E-state index contributed by atoms with van der Waals surface area (Å²) in [4.78, 5) is 16.5. The molecule has 106 valence electrons. The summed E-state index contributed by atoms with van der Waals surface area (Å²) in [6, 6.07) is 5.77. The SMILES string of the molecule is CCOc1ccc2nc(C)c(CCC(C)=O)c([S-])c2c1. The first-order valence-electron chi connectivity index (χ1n) is 6.75. The molecule has 0 aliphatic heterocycles. The number of aryl methyl sites for hydroxylation is 1. The molecule has 0 atom stereocenters. The van der Waals surface area contributed by atoms with Gasteiger partial charge in [-0.15, -0.1) is 0 Å². The Hall–Kier alpha value is -1.68. The third-order valence-corrected chi connectivity index (χ3v) is 3.72. The molecule has 0 spiro atoms. The molecular weight excluding hydrogens is 270 g/mol. The van der Waals surface area contributed by atoms with Crippen molar-refractivity contribution in [2.24, 2.45) is 0 Å². The van der Waals surface area contributed by atoms with E-state index in [0.29, 0.717) is 19.4 Å². The van der Waals surface area contributed by atoms with Crippen LogP contribution in [0.15, 0.2) is 23.1 Å². The zero-order valence-corrected chi connectivity index (χ0v) is 12.8. The van der Waals surface area contributed by atoms with Crippen LogP contribution < -0.4 is 4.74 Å². The first-order valence-corrected chi connectivity index (χ1v) is 7.16. The van der Waals surface area contributed by atoms with Crippen LogP contribution in [0.1, 0.15) is 31.5 Å². The average Bonchev–Trinajstić information content (AvgIpc) is 2.39. The fourth-order valence-corrected chi connectivity index (χ4v) is 2.63. The highest BCUT2D eigenvalue weighted by molar-refractivity contribution is 7.59. The Morgan fingerprint density at radius 3 is 2.80 bits per heavy atom. The van der Waals surface area contributed by atoms with Crippen LogP contribution in [0.5, 0.6) is 5.75 Å². The van der Waals surface area contributed by atoms with Gasteiger partial charge < -0.3 is 22.2 Å². The van der Waals surface area contributed by atoms with E-state index in [2.05, 4.69) is 4.98 Å². The molecule has 0 saturated carbocycles. The molecule has 1 aromatic heterocycles. The second kappa shape index (κ2) is 6.18. The second-order valence-electron chi connectivity index (χ2n) is 4.82. The Morgan fingerprint density at radius 2 is 2.15 bits per heavy atom. The van der Waals surface area contributed by atoms with E-state index in [1.54, 1.807) is 6.92 Å². The average molecular weight is 288 g/mol. The van der Waals surface area contributed by atoms with Crippen molar-refractivity contribution in [1.82, 2.24) is 4.98 Å². The van der Waals surface area contributed by atoms with Crippen LogP contribution in [0.25, 0.3) is 10.9 Å². The predicted molar refractivity (Wildman–Crippen MR) is 82.3 cm³/mol. The number of hydrogen-bond acceptors (Lipinski definition) is 4. The molecule has 2 rings (SSSR count). The van der Waals surface area contributed by atoms with E-state index in [9.17, 15) is 4.79 Å². The van der Waals surface area contributed by atoms with Gasteiger partial charge in [-0.2, -0.15) is 4.90 Å². The Balaban J connectivity index is 2.50. The van der Waals surface area contributed by atoms with Crippen LogP contribution in [-0.4, -0.2) is 17.4 Å². The molecule has 4 heteroatoms. The van der Waals surface area contributed by atoms with E-state index in [1.165, 1.54) is 0 Å². The van der Waals surface area contributed by atoms with Gasteiger partial charge in [0.15, 0.2) is 0 Å². The number of carbonyl (C=O) groups excluding carboxylic acids is 1. The summed E-state index contributed by atoms with van der Waals surface area (Å²) in [6.07, 6.45) is 1.16. The second-order valence-corrected chi connectivity index (χ2v) is 5.23. The van der Waals surface area contributed by atoms with E-state index in [1.807, 2.05) is 32.0 Å². The standard InChI is InChI=1S/C16H19NO2S/c1-4-19-12-6-8-15-14(9-12)16(20)13(11(3)17-15)7-5-10(2)18/h6,8-9H,4-5,7H2,1-3H3,(H,17,20)/p-1. The van der Waals surface area contributed by atoms with E-state index < -0.39 is 0 Å². The molecule has 0 saturated heterocycles. The topological polar surface area (TPSA) is 39.2 Å². The van der Waals surface area contributed by atoms with Crippen molar-refractivity contribution in [1.29, 1.82) is 0 Å². The lowest BCUT2D eigenvalue weighted by molar-refractivity contribution is -0.116. The summed E-state index contributed by atoms with van der Waals surface area (Å²) in [5.74, 6) is 0.969. The maximum Gasteiger partial charge on any atom is 0.130 e. The summed E-state index contributed by atoms with van der Waals surface area (Å²) in [7, 11) is 0. The van der Waals surface area contributed by atoms with Gasteiger partial charge in [0.2, 0.25) is 0 Å². The molecule has 0 radical (unpaired) electrons. The fourth-order valence-electron chi connectivity index (χ4n) is 2.22. The Kier molecular flexibility index (Phi) is 4.55. The van der Waals surface area contributed by atoms with Crippen LogP contribution >= 0.6 is 0 Å². The van der Waals surface area contributed by atoms with Crippen molar-refractivity contribution in [2.75, 3.05) is 6.61 Å². The lowest BCUT2D eigenvalue weighted by Gasteiger charge is -2.20. The quantitative estimate of drug-likeness (QED) is 0.791. The molecule has 2 aromatic rings. The first-order chi connectivity index (χ1) is 9.52. The summed E-state index contributed by atoms with van der Waals surface area (Å²) in [5, 5.41) is 0.926. The molecule has 1 heterocycles. The molecule has 0 amide bonds. The number of pyridine rings is 1. The van der Waals surface area contributed by atoms with E-state index in [-0.39, 0.29) is 5.78 Å². The normalized spacial score (nSPS) is 10.8. The number of fused-ring (bicyclic) bond motifs is 1. The number of hydrogen-bond donors (Lipinski definition) is 0. The number of rotatable bonds is 5. The van der Waals surface area contributed by atoms with Crippen LogP contribution in [0.4, 0.5) is 0 Å². The highest BCUT2D eigenvalue weighted by Gasteiger charge is 2.07. The number of aromatic nitrogens is 1. The van der Waals surface area contributed by atoms with Gasteiger partial charge in [0, 0.05) is 12.1 Å². The van der Waals surface area contributed by atoms with Crippen LogP contribution in [0.3, 0.4) is 0 Å². The molecule has 0 bridgehead atoms. The summed E-state index contributed by atoms with van der Waals surface area (Å²) < 4.78 is 5.51. The monoisotopic (exact) mass is 288 g/mol. The molecule has 1 aromatic carbocycles. The maximum absolute atomic E-state index is 11.2. The number of nitrogens with zero attached hydrogens (tertiary/aromatic N) is 1. The van der Waals surface area contributed by atoms with Crippen molar-refractivity contribution >= 4 is 29.3 Å². The number of carbonyl (C=O) groups is 1. The van der Waals surface area contributed by atoms with Crippen LogP contribution in [0, 0.1) is 6.92 Å². The van der Waals surface area contributed by atoms with Gasteiger partial charge in [0.05, 0.1) is 12.1 Å². The number of ether oxygens (including phenoxy) is 1.